The number of halogens is 2. The van der Waals surface area contributed by atoms with Gasteiger partial charge in [-0.3, -0.25) is 14.5 Å². The highest BCUT2D eigenvalue weighted by Crippen LogP contribution is 2.30. The first-order chi connectivity index (χ1) is 16.5. The molecule has 182 valence electrons. The highest BCUT2D eigenvalue weighted by Gasteiger charge is 2.43. The summed E-state index contributed by atoms with van der Waals surface area (Å²) in [5.74, 6) is 0.450. The van der Waals surface area contributed by atoms with Gasteiger partial charge >= 0.3 is 0 Å². The predicted octanol–water partition coefficient (Wildman–Crippen LogP) is 5.41. The second-order valence-corrected chi connectivity index (χ2v) is 9.63. The van der Waals surface area contributed by atoms with E-state index in [0.717, 1.165) is 37.4 Å². The normalized spacial score (nSPS) is 19.2. The Bertz CT molecular complexity index is 1010. The molecule has 0 aliphatic carbocycles. The van der Waals surface area contributed by atoms with Crippen LogP contribution in [0.2, 0.25) is 10.0 Å². The molecule has 0 N–H and O–H groups in total. The molecule has 2 saturated heterocycles. The molecule has 2 aliphatic rings. The van der Waals surface area contributed by atoms with E-state index in [1.54, 1.807) is 18.2 Å². The first kappa shape index (κ1) is 24.8. The molecule has 1 atom stereocenters. The Morgan fingerprint density at radius 3 is 2.26 bits per heavy atom. The number of benzene rings is 2. The third-order valence-corrected chi connectivity index (χ3v) is 7.25. The fraction of sp³-hybridized carbons (Fsp3) is 0.462. The Morgan fingerprint density at radius 1 is 0.882 bits per heavy atom. The van der Waals surface area contributed by atoms with Crippen LogP contribution in [0.4, 0.5) is 11.4 Å². The minimum atomic E-state index is -0.419. The molecule has 2 aromatic rings. The van der Waals surface area contributed by atoms with Gasteiger partial charge in [0.05, 0.1) is 34.8 Å². The van der Waals surface area contributed by atoms with Gasteiger partial charge in [-0.15, -0.1) is 0 Å². The maximum atomic E-state index is 13.2. The molecule has 8 heteroatoms. The molecule has 34 heavy (non-hydrogen) atoms. The summed E-state index contributed by atoms with van der Waals surface area (Å²) in [5.41, 5.74) is 1.61. The lowest BCUT2D eigenvalue weighted by Crippen LogP contribution is -2.52. The SMILES string of the molecule is CCCCCCOc1ccc(N2C(=O)CC(N3CCN(c4ccc(Cl)c(Cl)c4)CC3)C2=O)cc1. The van der Waals surface area contributed by atoms with E-state index in [2.05, 4.69) is 16.7 Å². The monoisotopic (exact) mass is 503 g/mol. The van der Waals surface area contributed by atoms with Crippen molar-refractivity contribution in [2.45, 2.75) is 45.1 Å². The van der Waals surface area contributed by atoms with Gasteiger partial charge in [-0.2, -0.15) is 0 Å². The molecule has 0 radical (unpaired) electrons. The molecule has 2 aliphatic heterocycles. The summed E-state index contributed by atoms with van der Waals surface area (Å²) in [6.07, 6.45) is 4.81. The van der Waals surface area contributed by atoms with Gasteiger partial charge < -0.3 is 9.64 Å². The first-order valence-corrected chi connectivity index (χ1v) is 12.8. The van der Waals surface area contributed by atoms with Crippen LogP contribution in [-0.4, -0.2) is 55.5 Å². The Hall–Kier alpha value is -2.28. The van der Waals surface area contributed by atoms with E-state index in [9.17, 15) is 9.59 Å². The molecule has 4 rings (SSSR count). The van der Waals surface area contributed by atoms with Gasteiger partial charge in [0.1, 0.15) is 5.75 Å². The van der Waals surface area contributed by atoms with Crippen molar-refractivity contribution in [1.29, 1.82) is 0 Å². The number of piperazine rings is 1. The highest BCUT2D eigenvalue weighted by atomic mass is 35.5. The third-order valence-electron chi connectivity index (χ3n) is 6.51. The third kappa shape index (κ3) is 5.68. The molecule has 2 amide bonds. The fourth-order valence-corrected chi connectivity index (χ4v) is 4.85. The average Bonchev–Trinajstić information content (AvgIpc) is 3.15. The number of hydrogen-bond acceptors (Lipinski definition) is 5. The Morgan fingerprint density at radius 2 is 1.59 bits per heavy atom. The van der Waals surface area contributed by atoms with Crippen molar-refractivity contribution in [3.8, 4) is 5.75 Å². The number of rotatable bonds is 9. The molecule has 1 unspecified atom stereocenters. The standard InChI is InChI=1S/C26H31Cl2N3O3/c1-2-3-4-5-16-34-21-9-6-19(7-10-21)31-25(32)18-24(26(31)33)30-14-12-29(13-15-30)20-8-11-22(27)23(28)17-20/h6-11,17,24H,2-5,12-16,18H2,1H3. The lowest BCUT2D eigenvalue weighted by molar-refractivity contribution is -0.123. The van der Waals surface area contributed by atoms with Gasteiger partial charge in [-0.1, -0.05) is 49.4 Å². The molecule has 0 spiro atoms. The summed E-state index contributed by atoms with van der Waals surface area (Å²) in [7, 11) is 0. The van der Waals surface area contributed by atoms with E-state index >= 15 is 0 Å². The maximum absolute atomic E-state index is 13.2. The van der Waals surface area contributed by atoms with E-state index < -0.39 is 6.04 Å². The maximum Gasteiger partial charge on any atom is 0.251 e. The van der Waals surface area contributed by atoms with E-state index in [-0.39, 0.29) is 18.2 Å². The van der Waals surface area contributed by atoms with Crippen molar-refractivity contribution in [2.75, 3.05) is 42.6 Å². The number of carbonyl (C=O) groups excluding carboxylic acids is 2. The number of ether oxygens (including phenoxy) is 1. The minimum Gasteiger partial charge on any atom is -0.494 e. The van der Waals surface area contributed by atoms with Gasteiger partial charge in [0.2, 0.25) is 5.91 Å². The predicted molar refractivity (Wildman–Crippen MR) is 137 cm³/mol. The van der Waals surface area contributed by atoms with E-state index in [0.29, 0.717) is 35.4 Å². The number of amides is 2. The van der Waals surface area contributed by atoms with Gasteiger partial charge in [0.15, 0.2) is 0 Å². The quantitative estimate of drug-likeness (QED) is 0.338. The Balaban J connectivity index is 1.32. The zero-order chi connectivity index (χ0) is 24.1. The smallest absolute Gasteiger partial charge is 0.251 e. The van der Waals surface area contributed by atoms with Crippen molar-refractivity contribution < 1.29 is 14.3 Å². The minimum absolute atomic E-state index is 0.152. The molecule has 6 nitrogen and oxygen atoms in total. The Labute approximate surface area is 211 Å². The summed E-state index contributed by atoms with van der Waals surface area (Å²) in [4.78, 5) is 31.6. The lowest BCUT2D eigenvalue weighted by Gasteiger charge is -2.38. The molecule has 0 aromatic heterocycles. The van der Waals surface area contributed by atoms with Crippen LogP contribution >= 0.6 is 23.2 Å². The molecule has 2 fully saturated rings. The number of imide groups is 1. The van der Waals surface area contributed by atoms with Crippen molar-refractivity contribution in [1.82, 2.24) is 4.90 Å². The summed E-state index contributed by atoms with van der Waals surface area (Å²) >= 11 is 12.2. The number of hydrogen-bond donors (Lipinski definition) is 0. The molecular weight excluding hydrogens is 473 g/mol. The van der Waals surface area contributed by atoms with Crippen LogP contribution < -0.4 is 14.5 Å². The van der Waals surface area contributed by atoms with E-state index in [1.807, 2.05) is 24.3 Å². The number of carbonyl (C=O) groups is 2. The zero-order valence-electron chi connectivity index (χ0n) is 19.5. The van der Waals surface area contributed by atoms with Crippen LogP contribution in [0.1, 0.15) is 39.0 Å². The molecular formula is C26H31Cl2N3O3. The van der Waals surface area contributed by atoms with Crippen molar-refractivity contribution in [3.05, 3.63) is 52.5 Å². The first-order valence-electron chi connectivity index (χ1n) is 12.0. The topological polar surface area (TPSA) is 53.1 Å². The summed E-state index contributed by atoms with van der Waals surface area (Å²) in [5, 5.41) is 1.06. The zero-order valence-corrected chi connectivity index (χ0v) is 21.0. The van der Waals surface area contributed by atoms with Crippen molar-refractivity contribution in [2.24, 2.45) is 0 Å². The number of nitrogens with zero attached hydrogens (tertiary/aromatic N) is 3. The van der Waals surface area contributed by atoms with Crippen LogP contribution in [0.25, 0.3) is 0 Å². The number of unbranched alkanes of at least 4 members (excludes halogenated alkanes) is 3. The van der Waals surface area contributed by atoms with Gasteiger partial charge in [0.25, 0.3) is 5.91 Å². The van der Waals surface area contributed by atoms with Gasteiger partial charge in [-0.05, 0) is 48.9 Å². The fourth-order valence-electron chi connectivity index (χ4n) is 4.56. The van der Waals surface area contributed by atoms with Crippen molar-refractivity contribution in [3.63, 3.8) is 0 Å². The molecule has 2 heterocycles. The molecule has 0 bridgehead atoms. The van der Waals surface area contributed by atoms with Crippen LogP contribution in [0, 0.1) is 0 Å². The Kier molecular flexibility index (Phi) is 8.35. The second-order valence-electron chi connectivity index (χ2n) is 8.81. The van der Waals surface area contributed by atoms with Crippen LogP contribution in [-0.2, 0) is 9.59 Å². The average molecular weight is 504 g/mol. The van der Waals surface area contributed by atoms with Crippen LogP contribution in [0.5, 0.6) is 5.75 Å². The summed E-state index contributed by atoms with van der Waals surface area (Å²) in [6, 6.07) is 12.4. The highest BCUT2D eigenvalue weighted by molar-refractivity contribution is 6.42. The lowest BCUT2D eigenvalue weighted by atomic mass is 10.1. The van der Waals surface area contributed by atoms with Crippen LogP contribution in [0.3, 0.4) is 0 Å². The van der Waals surface area contributed by atoms with Gasteiger partial charge in [0, 0.05) is 31.9 Å². The summed E-state index contributed by atoms with van der Waals surface area (Å²) in [6.45, 7) is 5.76. The van der Waals surface area contributed by atoms with Crippen molar-refractivity contribution >= 4 is 46.4 Å². The molecule has 0 saturated carbocycles. The van der Waals surface area contributed by atoms with E-state index in [4.69, 9.17) is 27.9 Å². The number of anilines is 2. The van der Waals surface area contributed by atoms with E-state index in [1.165, 1.54) is 17.7 Å². The molecule has 2 aromatic carbocycles. The van der Waals surface area contributed by atoms with Gasteiger partial charge in [-0.25, -0.2) is 4.90 Å². The van der Waals surface area contributed by atoms with Crippen LogP contribution in [0.15, 0.2) is 42.5 Å². The second kappa shape index (κ2) is 11.4. The largest absolute Gasteiger partial charge is 0.494 e. The summed E-state index contributed by atoms with van der Waals surface area (Å²) < 4.78 is 5.78.